The third-order valence-corrected chi connectivity index (χ3v) is 7.35. The molecule has 2 heteroatoms. The van der Waals surface area contributed by atoms with Gasteiger partial charge >= 0.3 is 5.97 Å². The molecule has 2 nitrogen and oxygen atoms in total. The summed E-state index contributed by atoms with van der Waals surface area (Å²) in [6.07, 6.45) is 3.64. The normalized spacial score (nSPS) is 36.2. The summed E-state index contributed by atoms with van der Waals surface area (Å²) in [5.74, 6) is 0.683. The minimum absolute atomic E-state index is 0.0282. The molecule has 2 bridgehead atoms. The molecule has 2 fully saturated rings. The molecule has 2 saturated carbocycles. The van der Waals surface area contributed by atoms with Gasteiger partial charge in [-0.3, -0.25) is 4.79 Å². The summed E-state index contributed by atoms with van der Waals surface area (Å²) < 4.78 is 6.04. The van der Waals surface area contributed by atoms with Gasteiger partial charge in [0, 0.05) is 5.41 Å². The Morgan fingerprint density at radius 2 is 1.65 bits per heavy atom. The summed E-state index contributed by atoms with van der Waals surface area (Å²) in [5, 5.41) is 0. The van der Waals surface area contributed by atoms with Gasteiger partial charge in [0.2, 0.25) is 0 Å². The molecular weight excluding hydrogens is 248 g/mol. The van der Waals surface area contributed by atoms with Crippen LogP contribution in [0.2, 0.25) is 0 Å². The molecule has 0 aromatic carbocycles. The van der Waals surface area contributed by atoms with Gasteiger partial charge in [-0.05, 0) is 49.9 Å². The molecule has 0 aromatic heterocycles. The van der Waals surface area contributed by atoms with Crippen LogP contribution in [0.5, 0.6) is 0 Å². The Balaban J connectivity index is 2.16. The molecule has 0 aromatic rings. The van der Waals surface area contributed by atoms with Crippen LogP contribution in [0.25, 0.3) is 0 Å². The number of hydrogen-bond acceptors (Lipinski definition) is 2. The first-order valence-corrected chi connectivity index (χ1v) is 8.05. The minimum Gasteiger partial charge on any atom is -0.461 e. The zero-order valence-corrected chi connectivity index (χ0v) is 14.6. The molecule has 2 rings (SSSR count). The van der Waals surface area contributed by atoms with Crippen LogP contribution in [0.3, 0.4) is 0 Å². The van der Waals surface area contributed by atoms with E-state index in [0.29, 0.717) is 11.3 Å². The third kappa shape index (κ3) is 1.94. The van der Waals surface area contributed by atoms with E-state index >= 15 is 0 Å². The van der Waals surface area contributed by atoms with Crippen molar-refractivity contribution < 1.29 is 9.53 Å². The van der Waals surface area contributed by atoms with Crippen molar-refractivity contribution in [3.63, 3.8) is 0 Å². The highest BCUT2D eigenvalue weighted by atomic mass is 16.5. The highest BCUT2D eigenvalue weighted by Gasteiger charge is 2.63. The van der Waals surface area contributed by atoms with Gasteiger partial charge in [0.05, 0.1) is 5.41 Å². The fourth-order valence-electron chi connectivity index (χ4n) is 3.89. The highest BCUT2D eigenvalue weighted by molar-refractivity contribution is 5.77. The van der Waals surface area contributed by atoms with Crippen LogP contribution in [-0.2, 0) is 9.53 Å². The maximum absolute atomic E-state index is 12.7. The van der Waals surface area contributed by atoms with Gasteiger partial charge in [0.1, 0.15) is 6.10 Å². The van der Waals surface area contributed by atoms with E-state index < -0.39 is 5.41 Å². The number of carbonyl (C=O) groups excluding carboxylic acids is 1. The van der Waals surface area contributed by atoms with Crippen LogP contribution in [-0.4, -0.2) is 12.1 Å². The lowest BCUT2D eigenvalue weighted by Crippen LogP contribution is -2.44. The molecule has 0 N–H and O–H groups in total. The Morgan fingerprint density at radius 1 is 1.10 bits per heavy atom. The second-order valence-corrected chi connectivity index (χ2v) is 9.38. The van der Waals surface area contributed by atoms with Crippen LogP contribution in [0.1, 0.15) is 74.7 Å². The summed E-state index contributed by atoms with van der Waals surface area (Å²) in [6.45, 7) is 17.4. The molecule has 0 spiro atoms. The van der Waals surface area contributed by atoms with Gasteiger partial charge < -0.3 is 4.74 Å². The summed E-state index contributed by atoms with van der Waals surface area (Å²) in [6, 6.07) is 0. The molecule has 3 unspecified atom stereocenters. The van der Waals surface area contributed by atoms with Crippen molar-refractivity contribution in [3.8, 4) is 0 Å². The van der Waals surface area contributed by atoms with E-state index in [1.54, 1.807) is 0 Å². The van der Waals surface area contributed by atoms with Crippen LogP contribution in [0, 0.1) is 27.6 Å². The van der Waals surface area contributed by atoms with E-state index in [1.165, 1.54) is 12.8 Å². The Morgan fingerprint density at radius 3 is 2.00 bits per heavy atom. The molecule has 3 atom stereocenters. The summed E-state index contributed by atoms with van der Waals surface area (Å²) in [7, 11) is 0. The van der Waals surface area contributed by atoms with E-state index in [-0.39, 0.29) is 22.9 Å². The monoisotopic (exact) mass is 280 g/mol. The maximum Gasteiger partial charge on any atom is 0.312 e. The molecule has 2 aliphatic carbocycles. The van der Waals surface area contributed by atoms with Crippen LogP contribution >= 0.6 is 0 Å². The van der Waals surface area contributed by atoms with E-state index in [4.69, 9.17) is 4.74 Å². The fraction of sp³-hybridized carbons (Fsp3) is 0.944. The summed E-state index contributed by atoms with van der Waals surface area (Å²) >= 11 is 0. The molecule has 0 radical (unpaired) electrons. The number of ether oxygens (including phenoxy) is 1. The first-order valence-electron chi connectivity index (χ1n) is 8.05. The second-order valence-electron chi connectivity index (χ2n) is 9.38. The quantitative estimate of drug-likeness (QED) is 0.678. The van der Waals surface area contributed by atoms with Gasteiger partial charge in [-0.15, -0.1) is 0 Å². The average molecular weight is 280 g/mol. The SMILES string of the molecule is CC(C)(C)C(C)(C)C(=O)OC1CC2CCC1(C)C2(C)C. The first-order chi connectivity index (χ1) is 8.84. The Hall–Kier alpha value is -0.530. The Labute approximate surface area is 124 Å². The molecule has 0 amide bonds. The average Bonchev–Trinajstić information content (AvgIpc) is 2.60. The van der Waals surface area contributed by atoms with Crippen molar-refractivity contribution >= 4 is 5.97 Å². The molecule has 0 aliphatic heterocycles. The lowest BCUT2D eigenvalue weighted by Gasteiger charge is -2.42. The Kier molecular flexibility index (Phi) is 3.36. The number of esters is 1. The van der Waals surface area contributed by atoms with Crippen LogP contribution < -0.4 is 0 Å². The van der Waals surface area contributed by atoms with Gasteiger partial charge in [-0.2, -0.15) is 0 Å². The second kappa shape index (κ2) is 4.24. The van der Waals surface area contributed by atoms with Gasteiger partial charge in [0.15, 0.2) is 0 Å². The van der Waals surface area contributed by atoms with E-state index in [0.717, 1.165) is 6.42 Å². The topological polar surface area (TPSA) is 26.3 Å². The zero-order chi connectivity index (χ0) is 15.6. The van der Waals surface area contributed by atoms with Crippen molar-refractivity contribution in [2.45, 2.75) is 80.8 Å². The zero-order valence-electron chi connectivity index (χ0n) is 14.6. The van der Waals surface area contributed by atoms with Crippen molar-refractivity contribution in [1.82, 2.24) is 0 Å². The number of hydrogen-bond donors (Lipinski definition) is 0. The number of fused-ring (bicyclic) bond motifs is 2. The van der Waals surface area contributed by atoms with Crippen LogP contribution in [0.15, 0.2) is 0 Å². The van der Waals surface area contributed by atoms with Crippen molar-refractivity contribution in [2.75, 3.05) is 0 Å². The van der Waals surface area contributed by atoms with Crippen molar-refractivity contribution in [2.24, 2.45) is 27.6 Å². The molecule has 116 valence electrons. The lowest BCUT2D eigenvalue weighted by atomic mass is 9.68. The first kappa shape index (κ1) is 15.9. The highest BCUT2D eigenvalue weighted by Crippen LogP contribution is 2.66. The van der Waals surface area contributed by atoms with Gasteiger partial charge in [-0.1, -0.05) is 41.5 Å². The predicted molar refractivity (Wildman–Crippen MR) is 82.3 cm³/mol. The minimum atomic E-state index is -0.449. The molecule has 2 aliphatic rings. The number of rotatable bonds is 2. The van der Waals surface area contributed by atoms with Gasteiger partial charge in [0.25, 0.3) is 0 Å². The molecular formula is C18H32O2. The van der Waals surface area contributed by atoms with Crippen molar-refractivity contribution in [1.29, 1.82) is 0 Å². The van der Waals surface area contributed by atoms with E-state index in [9.17, 15) is 4.79 Å². The summed E-state index contributed by atoms with van der Waals surface area (Å²) in [4.78, 5) is 12.7. The largest absolute Gasteiger partial charge is 0.461 e. The standard InChI is InChI=1S/C18H32O2/c1-15(2,3)17(6,7)14(19)20-13-11-12-9-10-18(13,8)16(12,4)5/h12-13H,9-11H2,1-8H3. The maximum atomic E-state index is 12.7. The van der Waals surface area contributed by atoms with E-state index in [1.807, 2.05) is 13.8 Å². The Bertz CT molecular complexity index is 414. The van der Waals surface area contributed by atoms with E-state index in [2.05, 4.69) is 41.5 Å². The number of carbonyl (C=O) groups is 1. The summed E-state index contributed by atoms with van der Waals surface area (Å²) in [5.41, 5.74) is -0.0847. The van der Waals surface area contributed by atoms with Gasteiger partial charge in [-0.25, -0.2) is 0 Å². The smallest absolute Gasteiger partial charge is 0.312 e. The lowest BCUT2D eigenvalue weighted by molar-refractivity contribution is -0.173. The molecule has 20 heavy (non-hydrogen) atoms. The fourth-order valence-corrected chi connectivity index (χ4v) is 3.89. The third-order valence-electron chi connectivity index (χ3n) is 7.35. The molecule has 0 heterocycles. The van der Waals surface area contributed by atoms with Crippen LogP contribution in [0.4, 0.5) is 0 Å². The van der Waals surface area contributed by atoms with Crippen molar-refractivity contribution in [3.05, 3.63) is 0 Å². The molecule has 0 saturated heterocycles. The predicted octanol–water partition coefficient (Wildman–Crippen LogP) is 4.82.